The summed E-state index contributed by atoms with van der Waals surface area (Å²) in [5.74, 6) is 6.94. The van der Waals surface area contributed by atoms with Gasteiger partial charge in [0.2, 0.25) is 0 Å². The van der Waals surface area contributed by atoms with Crippen LogP contribution in [-0.4, -0.2) is 33.9 Å². The first-order chi connectivity index (χ1) is 10.1. The zero-order chi connectivity index (χ0) is 15.4. The van der Waals surface area contributed by atoms with Gasteiger partial charge in [0.25, 0.3) is 5.91 Å². The second-order valence-corrected chi connectivity index (χ2v) is 5.98. The van der Waals surface area contributed by atoms with Crippen molar-refractivity contribution in [2.24, 2.45) is 11.8 Å². The van der Waals surface area contributed by atoms with E-state index in [-0.39, 0.29) is 11.8 Å². The van der Waals surface area contributed by atoms with E-state index in [1.165, 1.54) is 12.8 Å². The molecule has 116 valence electrons. The lowest BCUT2D eigenvalue weighted by molar-refractivity contribution is 0.0742. The summed E-state index contributed by atoms with van der Waals surface area (Å²) < 4.78 is 0. The summed E-state index contributed by atoms with van der Waals surface area (Å²) in [6.07, 6.45) is 4.97. The normalized spacial score (nSPS) is 14.3. The molecule has 0 aromatic carbocycles. The SMILES string of the molecule is CCCN(CC1CC1)C(=O)c1nc(C(C)C)ncc1NN. The predicted octanol–water partition coefficient (Wildman–Crippen LogP) is 2.15. The number of hydrogen-bond donors (Lipinski definition) is 2. The molecule has 0 saturated heterocycles. The largest absolute Gasteiger partial charge is 0.337 e. The molecule has 0 unspecified atom stereocenters. The van der Waals surface area contributed by atoms with Crippen molar-refractivity contribution in [2.45, 2.75) is 46.0 Å². The van der Waals surface area contributed by atoms with Crippen LogP contribution in [0.2, 0.25) is 0 Å². The van der Waals surface area contributed by atoms with Crippen LogP contribution in [0.1, 0.15) is 62.3 Å². The van der Waals surface area contributed by atoms with Gasteiger partial charge in [-0.1, -0.05) is 20.8 Å². The van der Waals surface area contributed by atoms with Gasteiger partial charge in [0.15, 0.2) is 5.69 Å². The number of nitrogen functional groups attached to an aromatic ring is 1. The van der Waals surface area contributed by atoms with E-state index in [2.05, 4.69) is 22.3 Å². The van der Waals surface area contributed by atoms with Gasteiger partial charge in [0.1, 0.15) is 5.82 Å². The highest BCUT2D eigenvalue weighted by Crippen LogP contribution is 2.30. The fourth-order valence-corrected chi connectivity index (χ4v) is 2.25. The minimum atomic E-state index is -0.0546. The van der Waals surface area contributed by atoms with Crippen LogP contribution in [0.4, 0.5) is 5.69 Å². The first-order valence-corrected chi connectivity index (χ1v) is 7.69. The number of anilines is 1. The van der Waals surface area contributed by atoms with Crippen molar-refractivity contribution in [3.8, 4) is 0 Å². The molecule has 0 spiro atoms. The van der Waals surface area contributed by atoms with E-state index in [0.717, 1.165) is 19.5 Å². The van der Waals surface area contributed by atoms with E-state index in [1.807, 2.05) is 18.7 Å². The molecule has 3 N–H and O–H groups in total. The molecular formula is C15H25N5O. The van der Waals surface area contributed by atoms with Gasteiger partial charge < -0.3 is 10.3 Å². The van der Waals surface area contributed by atoms with E-state index >= 15 is 0 Å². The van der Waals surface area contributed by atoms with Gasteiger partial charge in [-0.05, 0) is 25.2 Å². The standard InChI is InChI=1S/C15H25N5O/c1-4-7-20(9-11-5-6-11)15(21)13-12(19-16)8-17-14(18-13)10(2)3/h8,10-11,19H,4-7,9,16H2,1-3H3. The molecule has 1 aliphatic carbocycles. The second kappa shape index (κ2) is 6.85. The highest BCUT2D eigenvalue weighted by molar-refractivity contribution is 5.97. The number of rotatable bonds is 7. The van der Waals surface area contributed by atoms with Gasteiger partial charge in [-0.2, -0.15) is 0 Å². The Morgan fingerprint density at radius 2 is 2.24 bits per heavy atom. The van der Waals surface area contributed by atoms with Crippen LogP contribution < -0.4 is 11.3 Å². The Bertz CT molecular complexity index is 499. The lowest BCUT2D eigenvalue weighted by Crippen LogP contribution is -2.35. The van der Waals surface area contributed by atoms with Gasteiger partial charge in [0, 0.05) is 19.0 Å². The fourth-order valence-electron chi connectivity index (χ4n) is 2.25. The third kappa shape index (κ3) is 3.91. The van der Waals surface area contributed by atoms with E-state index in [9.17, 15) is 4.79 Å². The number of aromatic nitrogens is 2. The third-order valence-electron chi connectivity index (χ3n) is 3.64. The average molecular weight is 291 g/mol. The average Bonchev–Trinajstić information content (AvgIpc) is 3.29. The number of hydrazine groups is 1. The lowest BCUT2D eigenvalue weighted by atomic mass is 10.2. The molecule has 21 heavy (non-hydrogen) atoms. The van der Waals surface area contributed by atoms with Crippen molar-refractivity contribution in [3.05, 3.63) is 17.7 Å². The van der Waals surface area contributed by atoms with Crippen molar-refractivity contribution < 1.29 is 4.79 Å². The zero-order valence-electron chi connectivity index (χ0n) is 13.1. The van der Waals surface area contributed by atoms with Crippen LogP contribution in [0.3, 0.4) is 0 Å². The maximum Gasteiger partial charge on any atom is 0.274 e. The Balaban J connectivity index is 2.27. The van der Waals surface area contributed by atoms with Gasteiger partial charge in [-0.25, -0.2) is 9.97 Å². The molecule has 0 radical (unpaired) electrons. The van der Waals surface area contributed by atoms with Crippen molar-refractivity contribution in [1.29, 1.82) is 0 Å². The summed E-state index contributed by atoms with van der Waals surface area (Å²) in [4.78, 5) is 23.4. The van der Waals surface area contributed by atoms with Gasteiger partial charge in [-0.3, -0.25) is 10.6 Å². The van der Waals surface area contributed by atoms with E-state index in [4.69, 9.17) is 5.84 Å². The molecule has 1 saturated carbocycles. The monoisotopic (exact) mass is 291 g/mol. The molecule has 1 aromatic heterocycles. The highest BCUT2D eigenvalue weighted by Gasteiger charge is 2.28. The molecule has 0 atom stereocenters. The molecule has 1 heterocycles. The van der Waals surface area contributed by atoms with Crippen LogP contribution in [0.15, 0.2) is 6.20 Å². The van der Waals surface area contributed by atoms with E-state index < -0.39 is 0 Å². The van der Waals surface area contributed by atoms with Gasteiger partial charge >= 0.3 is 0 Å². The predicted molar refractivity (Wildman–Crippen MR) is 82.8 cm³/mol. The minimum Gasteiger partial charge on any atom is -0.337 e. The molecule has 6 nitrogen and oxygen atoms in total. The molecule has 2 rings (SSSR count). The number of nitrogens with two attached hydrogens (primary N) is 1. The Kier molecular flexibility index (Phi) is 5.12. The quantitative estimate of drug-likeness (QED) is 0.594. The van der Waals surface area contributed by atoms with Gasteiger partial charge in [-0.15, -0.1) is 0 Å². The molecule has 1 fully saturated rings. The van der Waals surface area contributed by atoms with Crippen LogP contribution in [0, 0.1) is 5.92 Å². The van der Waals surface area contributed by atoms with E-state index in [1.54, 1.807) is 6.20 Å². The zero-order valence-corrected chi connectivity index (χ0v) is 13.1. The first-order valence-electron chi connectivity index (χ1n) is 7.69. The van der Waals surface area contributed by atoms with Crippen LogP contribution in [-0.2, 0) is 0 Å². The number of nitrogens with one attached hydrogen (secondary N) is 1. The molecule has 1 amide bonds. The molecule has 0 bridgehead atoms. The number of hydrogen-bond acceptors (Lipinski definition) is 5. The summed E-state index contributed by atoms with van der Waals surface area (Å²) in [5.41, 5.74) is 3.40. The molecule has 1 aromatic rings. The number of nitrogens with zero attached hydrogens (tertiary/aromatic N) is 3. The van der Waals surface area contributed by atoms with Crippen molar-refractivity contribution in [2.75, 3.05) is 18.5 Å². The summed E-state index contributed by atoms with van der Waals surface area (Å²) in [6.45, 7) is 7.66. The Hall–Kier alpha value is -1.69. The fraction of sp³-hybridized carbons (Fsp3) is 0.667. The van der Waals surface area contributed by atoms with Crippen LogP contribution in [0.5, 0.6) is 0 Å². The number of amides is 1. The van der Waals surface area contributed by atoms with E-state index in [0.29, 0.717) is 23.1 Å². The third-order valence-corrected chi connectivity index (χ3v) is 3.64. The topological polar surface area (TPSA) is 84.1 Å². The van der Waals surface area contributed by atoms with Crippen molar-refractivity contribution in [3.63, 3.8) is 0 Å². The second-order valence-electron chi connectivity index (χ2n) is 5.98. The summed E-state index contributed by atoms with van der Waals surface area (Å²) in [7, 11) is 0. The summed E-state index contributed by atoms with van der Waals surface area (Å²) in [6, 6.07) is 0. The smallest absolute Gasteiger partial charge is 0.274 e. The van der Waals surface area contributed by atoms with Gasteiger partial charge in [0.05, 0.1) is 11.9 Å². The maximum absolute atomic E-state index is 12.8. The lowest BCUT2D eigenvalue weighted by Gasteiger charge is -2.23. The Morgan fingerprint density at radius 3 is 2.76 bits per heavy atom. The number of carbonyl (C=O) groups excluding carboxylic acids is 1. The minimum absolute atomic E-state index is 0.0546. The van der Waals surface area contributed by atoms with Crippen molar-refractivity contribution in [1.82, 2.24) is 14.9 Å². The first kappa shape index (κ1) is 15.7. The molecule has 0 aliphatic heterocycles. The Morgan fingerprint density at radius 1 is 1.52 bits per heavy atom. The summed E-state index contributed by atoms with van der Waals surface area (Å²) in [5, 5.41) is 0. The Labute approximate surface area is 126 Å². The van der Waals surface area contributed by atoms with Crippen molar-refractivity contribution >= 4 is 11.6 Å². The molecule has 6 heteroatoms. The number of carbonyl (C=O) groups is 1. The molecular weight excluding hydrogens is 266 g/mol. The highest BCUT2D eigenvalue weighted by atomic mass is 16.2. The maximum atomic E-state index is 12.8. The van der Waals surface area contributed by atoms with Crippen LogP contribution >= 0.6 is 0 Å². The van der Waals surface area contributed by atoms with Crippen LogP contribution in [0.25, 0.3) is 0 Å². The molecule has 1 aliphatic rings. The summed E-state index contributed by atoms with van der Waals surface area (Å²) >= 11 is 0.